The lowest BCUT2D eigenvalue weighted by Gasteiger charge is -2.43. The molecule has 4 unspecified atom stereocenters. The Labute approximate surface area is 253 Å². The summed E-state index contributed by atoms with van der Waals surface area (Å²) in [7, 11) is -2.61. The van der Waals surface area contributed by atoms with Gasteiger partial charge >= 0.3 is 12.1 Å². The molecule has 1 heterocycles. The molecular formula is C30H39F5O4S3. The highest BCUT2D eigenvalue weighted by molar-refractivity contribution is 7.99. The average Bonchev–Trinajstić information content (AvgIpc) is 2.91. The molecule has 3 rings (SSSR count). The van der Waals surface area contributed by atoms with Crippen molar-refractivity contribution in [1.82, 2.24) is 0 Å². The van der Waals surface area contributed by atoms with E-state index in [4.69, 9.17) is 0 Å². The van der Waals surface area contributed by atoms with Gasteiger partial charge in [-0.2, -0.15) is 22.0 Å². The Morgan fingerprint density at radius 1 is 0.810 bits per heavy atom. The molecule has 0 spiro atoms. The number of thioether (sulfide) groups is 1. The summed E-state index contributed by atoms with van der Waals surface area (Å²) in [6.45, 7) is 2.25. The second-order valence-corrected chi connectivity index (χ2v) is 15.5. The van der Waals surface area contributed by atoms with Crippen molar-refractivity contribution < 1.29 is 40.6 Å². The van der Waals surface area contributed by atoms with E-state index in [1.807, 2.05) is 24.3 Å². The quantitative estimate of drug-likeness (QED) is 0.142. The van der Waals surface area contributed by atoms with Crippen molar-refractivity contribution in [2.24, 2.45) is 0 Å². The molecule has 42 heavy (non-hydrogen) atoms. The van der Waals surface area contributed by atoms with Crippen LogP contribution >= 0.6 is 11.8 Å². The van der Waals surface area contributed by atoms with E-state index in [2.05, 4.69) is 6.92 Å². The van der Waals surface area contributed by atoms with Crippen LogP contribution < -0.4 is 0 Å². The van der Waals surface area contributed by atoms with Gasteiger partial charge in [0, 0.05) is 67.1 Å². The Balaban J connectivity index is 1.38. The number of aromatic hydroxyl groups is 2. The Kier molecular flexibility index (Phi) is 12.7. The fourth-order valence-corrected chi connectivity index (χ4v) is 9.28. The first-order valence-electron chi connectivity index (χ1n) is 14.1. The fraction of sp³-hybridized carbons (Fsp3) is 0.600. The number of hydrogen-bond acceptors (Lipinski definition) is 5. The molecule has 2 N–H and O–H groups in total. The zero-order valence-electron chi connectivity index (χ0n) is 23.6. The van der Waals surface area contributed by atoms with Crippen LogP contribution in [-0.4, -0.2) is 59.5 Å². The van der Waals surface area contributed by atoms with Crippen LogP contribution in [0.5, 0.6) is 11.5 Å². The highest BCUT2D eigenvalue weighted by Gasteiger charge is 2.56. The molecule has 2 aromatic carbocycles. The van der Waals surface area contributed by atoms with Crippen LogP contribution in [0, 0.1) is 0 Å². The van der Waals surface area contributed by atoms with Gasteiger partial charge < -0.3 is 10.2 Å². The third kappa shape index (κ3) is 9.67. The van der Waals surface area contributed by atoms with E-state index < -0.39 is 46.5 Å². The summed E-state index contributed by atoms with van der Waals surface area (Å²) in [6, 6.07) is 12.9. The fourth-order valence-electron chi connectivity index (χ4n) is 5.36. The Morgan fingerprint density at radius 2 is 1.38 bits per heavy atom. The summed E-state index contributed by atoms with van der Waals surface area (Å²) in [6.07, 6.45) is -2.50. The Hall–Kier alpha value is -1.66. The first-order valence-corrected chi connectivity index (χ1v) is 18.1. The first kappa shape index (κ1) is 34.8. The van der Waals surface area contributed by atoms with Crippen LogP contribution in [0.25, 0.3) is 0 Å². The zero-order valence-corrected chi connectivity index (χ0v) is 26.1. The van der Waals surface area contributed by atoms with Gasteiger partial charge in [-0.05, 0) is 67.0 Å². The van der Waals surface area contributed by atoms with Gasteiger partial charge in [-0.3, -0.25) is 8.42 Å². The van der Waals surface area contributed by atoms with E-state index >= 15 is 0 Å². The molecular weight excluding hydrogens is 616 g/mol. The topological polar surface area (TPSA) is 74.6 Å². The lowest BCUT2D eigenvalue weighted by atomic mass is 9.68. The molecule has 4 nitrogen and oxygen atoms in total. The van der Waals surface area contributed by atoms with Crippen LogP contribution in [0.2, 0.25) is 0 Å². The van der Waals surface area contributed by atoms with Crippen molar-refractivity contribution in [3.63, 3.8) is 0 Å². The molecule has 236 valence electrons. The standard InChI is InChI=1S/C30H39F5O4S3/c1-28(22-9-11-23(36)12-10-22)21-40-27-20-24(37)13-14-25(27)26(28)8-4-2-3-5-16-41(38)18-7-19-42(39)17-6-15-29(31,32)30(33,34)35/h9-14,20,26,36-37H,2-8,15-19,21H2,1H3. The zero-order chi connectivity index (χ0) is 31.0. The van der Waals surface area contributed by atoms with E-state index in [1.165, 1.54) is 5.56 Å². The molecule has 0 saturated heterocycles. The third-order valence-electron chi connectivity index (χ3n) is 7.83. The van der Waals surface area contributed by atoms with Gasteiger partial charge in [0.05, 0.1) is 0 Å². The van der Waals surface area contributed by atoms with Gasteiger partial charge in [0.2, 0.25) is 0 Å². The normalized spacial score (nSPS) is 20.7. The van der Waals surface area contributed by atoms with Crippen molar-refractivity contribution in [2.75, 3.05) is 28.8 Å². The Morgan fingerprint density at radius 3 is 2.02 bits per heavy atom. The minimum Gasteiger partial charge on any atom is -0.508 e. The highest BCUT2D eigenvalue weighted by Crippen LogP contribution is 2.52. The lowest BCUT2D eigenvalue weighted by molar-refractivity contribution is -0.284. The average molecular weight is 655 g/mol. The number of alkyl halides is 5. The largest absolute Gasteiger partial charge is 0.508 e. The van der Waals surface area contributed by atoms with E-state index in [9.17, 15) is 40.6 Å². The molecule has 1 aliphatic rings. The number of rotatable bonds is 16. The van der Waals surface area contributed by atoms with Crippen LogP contribution in [0.1, 0.15) is 75.3 Å². The van der Waals surface area contributed by atoms with Gasteiger partial charge in [-0.25, -0.2) is 0 Å². The van der Waals surface area contributed by atoms with Gasteiger partial charge in [0.25, 0.3) is 0 Å². The molecule has 0 amide bonds. The maximum Gasteiger partial charge on any atom is 0.453 e. The molecule has 0 bridgehead atoms. The summed E-state index contributed by atoms with van der Waals surface area (Å²) in [4.78, 5) is 1.09. The number of hydrogen-bond donors (Lipinski definition) is 2. The van der Waals surface area contributed by atoms with Crippen molar-refractivity contribution in [1.29, 1.82) is 0 Å². The minimum atomic E-state index is -5.59. The molecule has 0 radical (unpaired) electrons. The summed E-state index contributed by atoms with van der Waals surface area (Å²) >= 11 is 1.73. The SMILES string of the molecule is CC1(c2ccc(O)cc2)CSc2cc(O)ccc2C1CCCCCCS(=O)CCCS(=O)CCCC(F)(F)C(F)(F)F. The second-order valence-electron chi connectivity index (χ2n) is 11.1. The van der Waals surface area contributed by atoms with Crippen LogP contribution in [0.15, 0.2) is 47.4 Å². The highest BCUT2D eigenvalue weighted by atomic mass is 32.2. The van der Waals surface area contributed by atoms with Crippen molar-refractivity contribution in [2.45, 2.75) is 86.6 Å². The maximum atomic E-state index is 12.9. The molecule has 2 aromatic rings. The number of phenolic OH excluding ortho intramolecular Hbond substituents is 2. The van der Waals surface area contributed by atoms with E-state index in [1.54, 1.807) is 30.0 Å². The van der Waals surface area contributed by atoms with E-state index in [0.29, 0.717) is 17.9 Å². The summed E-state index contributed by atoms with van der Waals surface area (Å²) in [5.41, 5.74) is 2.22. The van der Waals surface area contributed by atoms with Crippen molar-refractivity contribution in [3.8, 4) is 11.5 Å². The van der Waals surface area contributed by atoms with Crippen LogP contribution in [0.4, 0.5) is 22.0 Å². The van der Waals surface area contributed by atoms with Gasteiger partial charge in [-0.15, -0.1) is 11.8 Å². The van der Waals surface area contributed by atoms with Crippen LogP contribution in [-0.2, 0) is 27.0 Å². The smallest absolute Gasteiger partial charge is 0.453 e. The van der Waals surface area contributed by atoms with Gasteiger partial charge in [0.15, 0.2) is 0 Å². The van der Waals surface area contributed by atoms with Gasteiger partial charge in [-0.1, -0.05) is 44.4 Å². The maximum absolute atomic E-state index is 12.9. The molecule has 12 heteroatoms. The molecule has 0 fully saturated rings. The van der Waals surface area contributed by atoms with Gasteiger partial charge in [0.1, 0.15) is 11.5 Å². The number of phenols is 2. The number of fused-ring (bicyclic) bond motifs is 1. The molecule has 0 aliphatic carbocycles. The van der Waals surface area contributed by atoms with Crippen LogP contribution in [0.3, 0.4) is 0 Å². The third-order valence-corrected chi connectivity index (χ3v) is 12.2. The predicted molar refractivity (Wildman–Crippen MR) is 161 cm³/mol. The summed E-state index contributed by atoms with van der Waals surface area (Å²) < 4.78 is 86.7. The molecule has 4 atom stereocenters. The predicted octanol–water partition coefficient (Wildman–Crippen LogP) is 8.06. The molecule has 0 aromatic heterocycles. The van der Waals surface area contributed by atoms with E-state index in [-0.39, 0.29) is 34.3 Å². The Bertz CT molecular complexity index is 1210. The van der Waals surface area contributed by atoms with E-state index in [0.717, 1.165) is 48.3 Å². The summed E-state index contributed by atoms with van der Waals surface area (Å²) in [5, 5.41) is 19.8. The molecule has 1 aliphatic heterocycles. The monoisotopic (exact) mass is 654 g/mol. The lowest BCUT2D eigenvalue weighted by Crippen LogP contribution is -2.36. The second kappa shape index (κ2) is 15.4. The minimum absolute atomic E-state index is 0.141. The first-order chi connectivity index (χ1) is 19.7. The molecule has 0 saturated carbocycles. The van der Waals surface area contributed by atoms with Crippen molar-refractivity contribution >= 4 is 33.4 Å². The number of halogens is 5. The van der Waals surface area contributed by atoms with Crippen molar-refractivity contribution in [3.05, 3.63) is 53.6 Å². The summed E-state index contributed by atoms with van der Waals surface area (Å²) in [5.74, 6) is -2.46. The number of benzene rings is 2. The number of unbranched alkanes of at least 4 members (excludes halogenated alkanes) is 3.